The number of hydrogen-bond acceptors (Lipinski definition) is 7. The van der Waals surface area contributed by atoms with Crippen LogP contribution in [0.2, 0.25) is 0 Å². The molecule has 9 heteroatoms. The minimum absolute atomic E-state index is 0.125. The van der Waals surface area contributed by atoms with E-state index in [1.54, 1.807) is 22.8 Å². The van der Waals surface area contributed by atoms with E-state index in [0.29, 0.717) is 38.7 Å². The van der Waals surface area contributed by atoms with Gasteiger partial charge < -0.3 is 19.1 Å². The van der Waals surface area contributed by atoms with E-state index < -0.39 is 0 Å². The van der Waals surface area contributed by atoms with Crippen molar-refractivity contribution in [2.75, 3.05) is 44.4 Å². The van der Waals surface area contributed by atoms with Gasteiger partial charge in [-0.3, -0.25) is 4.79 Å². The second-order valence-corrected chi connectivity index (χ2v) is 8.30. The van der Waals surface area contributed by atoms with E-state index in [1.165, 1.54) is 6.33 Å². The normalized spacial score (nSPS) is 16.0. The number of carbonyl (C=O) groups is 1. The lowest BCUT2D eigenvalue weighted by atomic mass is 10.2. The maximum absolute atomic E-state index is 12.6. The van der Waals surface area contributed by atoms with Crippen LogP contribution in [0.3, 0.4) is 0 Å². The molecule has 2 aromatic carbocycles. The zero-order chi connectivity index (χ0) is 22.0. The predicted molar refractivity (Wildman–Crippen MR) is 122 cm³/mol. The van der Waals surface area contributed by atoms with Crippen molar-refractivity contribution in [1.82, 2.24) is 19.7 Å². The van der Waals surface area contributed by atoms with Crippen LogP contribution in [0, 0.1) is 0 Å². The molecule has 1 unspecified atom stereocenters. The van der Waals surface area contributed by atoms with Crippen LogP contribution >= 0.6 is 11.8 Å². The highest BCUT2D eigenvalue weighted by Crippen LogP contribution is 2.16. The maximum Gasteiger partial charge on any atom is 0.232 e. The Morgan fingerprint density at radius 3 is 2.69 bits per heavy atom. The molecule has 1 fully saturated rings. The Morgan fingerprint density at radius 1 is 1.09 bits per heavy atom. The van der Waals surface area contributed by atoms with Gasteiger partial charge in [-0.05, 0) is 36.4 Å². The van der Waals surface area contributed by atoms with Crippen molar-refractivity contribution >= 4 is 17.7 Å². The molecule has 0 N–H and O–H groups in total. The first-order chi connectivity index (χ1) is 15.8. The van der Waals surface area contributed by atoms with Gasteiger partial charge in [0.05, 0.1) is 31.2 Å². The third-order valence-electron chi connectivity index (χ3n) is 4.91. The lowest BCUT2D eigenvalue weighted by Gasteiger charge is -2.32. The molecule has 1 aliphatic rings. The second-order valence-electron chi connectivity index (χ2n) is 7.19. The Kier molecular flexibility index (Phi) is 7.99. The van der Waals surface area contributed by atoms with Gasteiger partial charge in [0.2, 0.25) is 5.91 Å². The number of ether oxygens (including phenoxy) is 3. The predicted octanol–water partition coefficient (Wildman–Crippen LogP) is 2.69. The molecule has 0 bridgehead atoms. The Hall–Kier alpha value is -3.04. The van der Waals surface area contributed by atoms with Crippen LogP contribution in [-0.4, -0.2) is 76.1 Å². The maximum atomic E-state index is 12.6. The van der Waals surface area contributed by atoms with Gasteiger partial charge >= 0.3 is 0 Å². The lowest BCUT2D eigenvalue weighted by molar-refractivity contribution is -0.137. The minimum Gasteiger partial charge on any atom is -0.493 e. The Morgan fingerprint density at radius 2 is 1.91 bits per heavy atom. The van der Waals surface area contributed by atoms with E-state index in [0.717, 1.165) is 22.9 Å². The largest absolute Gasteiger partial charge is 0.493 e. The molecule has 0 saturated carbocycles. The van der Waals surface area contributed by atoms with E-state index in [9.17, 15) is 4.79 Å². The zero-order valence-corrected chi connectivity index (χ0v) is 18.5. The average Bonchev–Trinajstić information content (AvgIpc) is 3.39. The third kappa shape index (κ3) is 6.48. The molecule has 2 heterocycles. The molecule has 32 heavy (non-hydrogen) atoms. The molecule has 8 nitrogen and oxygen atoms in total. The number of amides is 1. The number of benzene rings is 2. The summed E-state index contributed by atoms with van der Waals surface area (Å²) in [4.78, 5) is 18.4. The van der Waals surface area contributed by atoms with Crippen LogP contribution in [-0.2, 0) is 9.53 Å². The fourth-order valence-electron chi connectivity index (χ4n) is 3.26. The summed E-state index contributed by atoms with van der Waals surface area (Å²) in [7, 11) is 0. The van der Waals surface area contributed by atoms with Gasteiger partial charge in [-0.2, -0.15) is 5.10 Å². The van der Waals surface area contributed by atoms with Gasteiger partial charge in [-0.25, -0.2) is 9.67 Å². The molecule has 4 rings (SSSR count). The minimum atomic E-state index is -0.144. The molecule has 0 aliphatic carbocycles. The first-order valence-electron chi connectivity index (χ1n) is 10.5. The molecule has 168 valence electrons. The Labute approximate surface area is 191 Å². The summed E-state index contributed by atoms with van der Waals surface area (Å²) in [5.74, 6) is 2.93. The number of hydrogen-bond donors (Lipinski definition) is 0. The second kappa shape index (κ2) is 11.5. The molecule has 1 saturated heterocycles. The van der Waals surface area contributed by atoms with Crippen LogP contribution in [0.15, 0.2) is 67.3 Å². The molecular weight excluding hydrogens is 428 g/mol. The lowest BCUT2D eigenvalue weighted by Crippen LogP contribution is -2.48. The van der Waals surface area contributed by atoms with Gasteiger partial charge in [0, 0.05) is 12.3 Å². The molecule has 1 amide bonds. The summed E-state index contributed by atoms with van der Waals surface area (Å²) in [6, 6.07) is 17.3. The summed E-state index contributed by atoms with van der Waals surface area (Å²) >= 11 is 1.59. The monoisotopic (exact) mass is 454 g/mol. The molecule has 1 aliphatic heterocycles. The van der Waals surface area contributed by atoms with Crippen LogP contribution in [0.25, 0.3) is 5.69 Å². The van der Waals surface area contributed by atoms with Gasteiger partial charge in [-0.15, -0.1) is 11.8 Å². The molecule has 0 radical (unpaired) electrons. The van der Waals surface area contributed by atoms with Crippen molar-refractivity contribution < 1.29 is 19.0 Å². The SMILES string of the molecule is O=C(CSCCOc1ccccc1)N1CCOC(COc2ccc(-n3cncn3)cc2)C1. The molecule has 3 aromatic rings. The molecular formula is C23H26N4O4S. The quantitative estimate of drug-likeness (QED) is 0.436. The van der Waals surface area contributed by atoms with E-state index in [4.69, 9.17) is 14.2 Å². The van der Waals surface area contributed by atoms with E-state index >= 15 is 0 Å². The van der Waals surface area contributed by atoms with Crippen molar-refractivity contribution in [2.45, 2.75) is 6.10 Å². The number of para-hydroxylation sites is 1. The molecule has 0 spiro atoms. The smallest absolute Gasteiger partial charge is 0.232 e. The Bertz CT molecular complexity index is 954. The molecule has 1 aromatic heterocycles. The van der Waals surface area contributed by atoms with Crippen molar-refractivity contribution in [2.24, 2.45) is 0 Å². The fraction of sp³-hybridized carbons (Fsp3) is 0.348. The van der Waals surface area contributed by atoms with E-state index in [2.05, 4.69) is 10.1 Å². The van der Waals surface area contributed by atoms with Crippen LogP contribution in [0.5, 0.6) is 11.5 Å². The highest BCUT2D eigenvalue weighted by Gasteiger charge is 2.24. The number of thioether (sulfide) groups is 1. The Balaban J connectivity index is 1.15. The number of rotatable bonds is 10. The third-order valence-corrected chi connectivity index (χ3v) is 5.82. The van der Waals surface area contributed by atoms with Gasteiger partial charge in [-0.1, -0.05) is 18.2 Å². The number of morpholine rings is 1. The fourth-order valence-corrected chi connectivity index (χ4v) is 3.96. The standard InChI is InChI=1S/C23H26N4O4S/c28-23(16-32-13-12-30-20-4-2-1-3-5-20)26-10-11-29-22(14-26)15-31-21-8-6-19(7-9-21)27-18-24-17-25-27/h1-9,17-18,22H,10-16H2. The highest BCUT2D eigenvalue weighted by atomic mass is 32.2. The highest BCUT2D eigenvalue weighted by molar-refractivity contribution is 7.99. The number of aromatic nitrogens is 3. The van der Waals surface area contributed by atoms with Crippen molar-refractivity contribution in [3.8, 4) is 17.2 Å². The summed E-state index contributed by atoms with van der Waals surface area (Å²) in [6.45, 7) is 2.65. The van der Waals surface area contributed by atoms with Gasteiger partial charge in [0.15, 0.2) is 0 Å². The summed E-state index contributed by atoms with van der Waals surface area (Å²) in [5.41, 5.74) is 0.909. The van der Waals surface area contributed by atoms with Crippen LogP contribution in [0.1, 0.15) is 0 Å². The van der Waals surface area contributed by atoms with Gasteiger partial charge in [0.1, 0.15) is 36.9 Å². The topological polar surface area (TPSA) is 78.7 Å². The van der Waals surface area contributed by atoms with Crippen molar-refractivity contribution in [1.29, 1.82) is 0 Å². The number of carbonyl (C=O) groups excluding carboxylic acids is 1. The van der Waals surface area contributed by atoms with E-state index in [1.807, 2.05) is 59.5 Å². The summed E-state index contributed by atoms with van der Waals surface area (Å²) in [6.07, 6.45) is 3.00. The van der Waals surface area contributed by atoms with Gasteiger partial charge in [0.25, 0.3) is 0 Å². The summed E-state index contributed by atoms with van der Waals surface area (Å²) in [5, 5.41) is 4.10. The summed E-state index contributed by atoms with van der Waals surface area (Å²) < 4.78 is 19.0. The first kappa shape index (κ1) is 22.2. The first-order valence-corrected chi connectivity index (χ1v) is 11.7. The van der Waals surface area contributed by atoms with Crippen molar-refractivity contribution in [3.05, 3.63) is 67.3 Å². The van der Waals surface area contributed by atoms with Crippen LogP contribution < -0.4 is 9.47 Å². The van der Waals surface area contributed by atoms with Crippen LogP contribution in [0.4, 0.5) is 0 Å². The number of nitrogens with zero attached hydrogens (tertiary/aromatic N) is 4. The van der Waals surface area contributed by atoms with E-state index in [-0.39, 0.29) is 12.0 Å². The average molecular weight is 455 g/mol. The molecule has 1 atom stereocenters. The zero-order valence-electron chi connectivity index (χ0n) is 17.7. The van der Waals surface area contributed by atoms with Crippen molar-refractivity contribution in [3.63, 3.8) is 0 Å².